The van der Waals surface area contributed by atoms with Crippen LogP contribution in [0.3, 0.4) is 0 Å². The summed E-state index contributed by atoms with van der Waals surface area (Å²) in [6, 6.07) is 1.64. The van der Waals surface area contributed by atoms with Crippen LogP contribution in [-0.2, 0) is 6.42 Å². The second-order valence-corrected chi connectivity index (χ2v) is 3.92. The van der Waals surface area contributed by atoms with E-state index in [-0.39, 0.29) is 23.3 Å². The minimum atomic E-state index is -1.57. The smallest absolute Gasteiger partial charge is 0.261 e. The largest absolute Gasteiger partial charge is 0.334 e. The van der Waals surface area contributed by atoms with Crippen molar-refractivity contribution < 1.29 is 17.7 Å². The fourth-order valence-electron chi connectivity index (χ4n) is 1.43. The van der Waals surface area contributed by atoms with Gasteiger partial charge in [0, 0.05) is 12.5 Å². The maximum atomic E-state index is 13.5. The molecule has 1 aromatic heterocycles. The minimum Gasteiger partial charge on any atom is -0.334 e. The van der Waals surface area contributed by atoms with Crippen LogP contribution < -0.4 is 5.73 Å². The molecule has 1 heterocycles. The fraction of sp³-hybridized carbons (Fsp3) is 0.273. The van der Waals surface area contributed by atoms with E-state index in [4.69, 9.17) is 10.3 Å². The monoisotopic (exact) mass is 257 g/mol. The Kier molecular flexibility index (Phi) is 3.33. The Hall–Kier alpha value is -1.89. The van der Waals surface area contributed by atoms with Crippen molar-refractivity contribution in [1.82, 2.24) is 10.1 Å². The van der Waals surface area contributed by atoms with Crippen molar-refractivity contribution in [2.75, 3.05) is 0 Å². The molecule has 0 bridgehead atoms. The lowest BCUT2D eigenvalue weighted by atomic mass is 10.2. The van der Waals surface area contributed by atoms with Crippen molar-refractivity contribution in [2.45, 2.75) is 19.4 Å². The quantitative estimate of drug-likeness (QED) is 0.854. The standard InChI is InChI=1S/C11H10F3N3O/c1-5(15)4-8-16-11(18-17-8)6-2-3-7(12)10(14)9(6)13/h2-3,5H,4,15H2,1H3. The Morgan fingerprint density at radius 2 is 2.00 bits per heavy atom. The van der Waals surface area contributed by atoms with Gasteiger partial charge in [-0.15, -0.1) is 0 Å². The van der Waals surface area contributed by atoms with Crippen LogP contribution in [0.1, 0.15) is 12.7 Å². The minimum absolute atomic E-state index is 0.190. The molecule has 7 heteroatoms. The average molecular weight is 257 g/mol. The van der Waals surface area contributed by atoms with Gasteiger partial charge in [0.1, 0.15) is 0 Å². The van der Waals surface area contributed by atoms with Crippen molar-refractivity contribution in [3.63, 3.8) is 0 Å². The van der Waals surface area contributed by atoms with Crippen LogP contribution >= 0.6 is 0 Å². The van der Waals surface area contributed by atoms with E-state index in [1.54, 1.807) is 6.92 Å². The van der Waals surface area contributed by atoms with Gasteiger partial charge in [0.2, 0.25) is 0 Å². The van der Waals surface area contributed by atoms with E-state index in [0.717, 1.165) is 12.1 Å². The van der Waals surface area contributed by atoms with E-state index in [1.165, 1.54) is 0 Å². The van der Waals surface area contributed by atoms with Crippen molar-refractivity contribution in [2.24, 2.45) is 5.73 Å². The summed E-state index contributed by atoms with van der Waals surface area (Å²) in [6.45, 7) is 1.74. The van der Waals surface area contributed by atoms with E-state index < -0.39 is 17.5 Å². The van der Waals surface area contributed by atoms with Gasteiger partial charge in [-0.2, -0.15) is 4.98 Å². The van der Waals surface area contributed by atoms with Gasteiger partial charge in [-0.3, -0.25) is 0 Å². The third kappa shape index (κ3) is 2.35. The van der Waals surface area contributed by atoms with E-state index in [9.17, 15) is 13.2 Å². The summed E-state index contributed by atoms with van der Waals surface area (Å²) >= 11 is 0. The molecule has 0 saturated carbocycles. The molecule has 1 unspecified atom stereocenters. The molecule has 2 aromatic rings. The molecule has 0 radical (unpaired) electrons. The lowest BCUT2D eigenvalue weighted by molar-refractivity contribution is 0.412. The van der Waals surface area contributed by atoms with Gasteiger partial charge < -0.3 is 10.3 Å². The maximum Gasteiger partial charge on any atom is 0.261 e. The predicted octanol–water partition coefficient (Wildman–Crippen LogP) is 2.04. The molecule has 1 aromatic carbocycles. The summed E-state index contributed by atoms with van der Waals surface area (Å²) in [5.41, 5.74) is 5.26. The van der Waals surface area contributed by atoms with Crippen LogP contribution in [-0.4, -0.2) is 16.2 Å². The van der Waals surface area contributed by atoms with E-state index in [0.29, 0.717) is 6.42 Å². The summed E-state index contributed by atoms with van der Waals surface area (Å²) in [5.74, 6) is -4.12. The highest BCUT2D eigenvalue weighted by molar-refractivity contribution is 5.53. The van der Waals surface area contributed by atoms with Crippen molar-refractivity contribution >= 4 is 0 Å². The SMILES string of the molecule is CC(N)Cc1noc(-c2ccc(F)c(F)c2F)n1. The molecule has 96 valence electrons. The van der Waals surface area contributed by atoms with E-state index in [1.807, 2.05) is 0 Å². The molecular formula is C11H10F3N3O. The van der Waals surface area contributed by atoms with Gasteiger partial charge in [0.15, 0.2) is 23.3 Å². The summed E-state index contributed by atoms with van der Waals surface area (Å²) < 4.78 is 44.0. The number of nitrogens with zero attached hydrogens (tertiary/aromatic N) is 2. The van der Waals surface area contributed by atoms with Gasteiger partial charge >= 0.3 is 0 Å². The fourth-order valence-corrected chi connectivity index (χ4v) is 1.43. The molecule has 1 atom stereocenters. The Labute approximate surface area is 101 Å². The van der Waals surface area contributed by atoms with E-state index in [2.05, 4.69) is 10.1 Å². The number of benzene rings is 1. The molecule has 2 N–H and O–H groups in total. The summed E-state index contributed by atoms with van der Waals surface area (Å²) in [4.78, 5) is 3.87. The van der Waals surface area contributed by atoms with Crippen LogP contribution in [0, 0.1) is 17.5 Å². The third-order valence-electron chi connectivity index (χ3n) is 2.24. The van der Waals surface area contributed by atoms with Gasteiger partial charge in [0.05, 0.1) is 5.56 Å². The van der Waals surface area contributed by atoms with Crippen molar-refractivity contribution in [1.29, 1.82) is 0 Å². The Morgan fingerprint density at radius 1 is 1.28 bits per heavy atom. The predicted molar refractivity (Wildman–Crippen MR) is 57.0 cm³/mol. The second kappa shape index (κ2) is 4.77. The van der Waals surface area contributed by atoms with E-state index >= 15 is 0 Å². The van der Waals surface area contributed by atoms with Crippen LogP contribution in [0.25, 0.3) is 11.5 Å². The van der Waals surface area contributed by atoms with Gasteiger partial charge in [-0.25, -0.2) is 13.2 Å². The van der Waals surface area contributed by atoms with Crippen LogP contribution in [0.5, 0.6) is 0 Å². The number of nitrogens with two attached hydrogens (primary N) is 1. The second-order valence-electron chi connectivity index (χ2n) is 3.92. The Balaban J connectivity index is 2.37. The molecule has 4 nitrogen and oxygen atoms in total. The molecule has 0 saturated heterocycles. The molecule has 0 aliphatic heterocycles. The van der Waals surface area contributed by atoms with Gasteiger partial charge in [0.25, 0.3) is 5.89 Å². The average Bonchev–Trinajstić information content (AvgIpc) is 2.73. The summed E-state index contributed by atoms with van der Waals surface area (Å²) in [7, 11) is 0. The summed E-state index contributed by atoms with van der Waals surface area (Å²) in [5, 5.41) is 3.58. The molecule has 0 aliphatic rings. The maximum absolute atomic E-state index is 13.5. The zero-order valence-electron chi connectivity index (χ0n) is 9.45. The zero-order chi connectivity index (χ0) is 13.3. The molecule has 18 heavy (non-hydrogen) atoms. The first-order chi connectivity index (χ1) is 8.49. The zero-order valence-corrected chi connectivity index (χ0v) is 9.45. The highest BCUT2D eigenvalue weighted by Gasteiger charge is 2.19. The van der Waals surface area contributed by atoms with Gasteiger partial charge in [-0.1, -0.05) is 5.16 Å². The normalized spacial score (nSPS) is 12.7. The van der Waals surface area contributed by atoms with Crippen LogP contribution in [0.15, 0.2) is 16.7 Å². The van der Waals surface area contributed by atoms with Crippen LogP contribution in [0.2, 0.25) is 0 Å². The van der Waals surface area contributed by atoms with Crippen molar-refractivity contribution in [3.05, 3.63) is 35.4 Å². The number of hydrogen-bond donors (Lipinski definition) is 1. The molecule has 2 rings (SSSR count). The first-order valence-corrected chi connectivity index (χ1v) is 5.21. The molecular weight excluding hydrogens is 247 g/mol. The highest BCUT2D eigenvalue weighted by atomic mass is 19.2. The number of aromatic nitrogens is 2. The topological polar surface area (TPSA) is 64.9 Å². The third-order valence-corrected chi connectivity index (χ3v) is 2.24. The number of hydrogen-bond acceptors (Lipinski definition) is 4. The summed E-state index contributed by atoms with van der Waals surface area (Å²) in [6.07, 6.45) is 0.342. The number of rotatable bonds is 3. The molecule has 0 amide bonds. The first kappa shape index (κ1) is 12.6. The lowest BCUT2D eigenvalue weighted by Crippen LogP contribution is -2.18. The van der Waals surface area contributed by atoms with Crippen molar-refractivity contribution in [3.8, 4) is 11.5 Å². The van der Waals surface area contributed by atoms with Crippen LogP contribution in [0.4, 0.5) is 13.2 Å². The number of halogens is 3. The highest BCUT2D eigenvalue weighted by Crippen LogP contribution is 2.24. The first-order valence-electron chi connectivity index (χ1n) is 5.21. The Morgan fingerprint density at radius 3 is 2.67 bits per heavy atom. The van der Waals surface area contributed by atoms with Gasteiger partial charge in [-0.05, 0) is 19.1 Å². The Bertz CT molecular complexity index is 569. The molecule has 0 fully saturated rings. The molecule has 0 spiro atoms. The lowest BCUT2D eigenvalue weighted by Gasteiger charge is -1.99. The molecule has 0 aliphatic carbocycles.